The van der Waals surface area contributed by atoms with Crippen molar-refractivity contribution < 1.29 is 9.90 Å². The van der Waals surface area contributed by atoms with Crippen LogP contribution in [-0.2, 0) is 4.79 Å². The lowest BCUT2D eigenvalue weighted by Crippen LogP contribution is -2.45. The molecule has 0 aromatic rings. The second kappa shape index (κ2) is 5.61. The fourth-order valence-electron chi connectivity index (χ4n) is 1.78. The topological polar surface area (TPSA) is 49.3 Å². The van der Waals surface area contributed by atoms with Crippen LogP contribution in [0.2, 0.25) is 0 Å². The van der Waals surface area contributed by atoms with E-state index in [0.29, 0.717) is 11.3 Å². The van der Waals surface area contributed by atoms with Gasteiger partial charge in [-0.3, -0.25) is 4.79 Å². The van der Waals surface area contributed by atoms with Gasteiger partial charge in [-0.15, -0.1) is 0 Å². The SMILES string of the molecule is CCCC(NC1CCSC1C)C(=O)O. The molecule has 14 heavy (non-hydrogen) atoms. The number of carbonyl (C=O) groups is 1. The summed E-state index contributed by atoms with van der Waals surface area (Å²) < 4.78 is 0. The Bertz CT molecular complexity index is 199. The minimum Gasteiger partial charge on any atom is -0.480 e. The number of carboxylic acid groups (broad SMARTS) is 1. The van der Waals surface area contributed by atoms with E-state index in [2.05, 4.69) is 12.2 Å². The molecule has 1 aliphatic heterocycles. The fraction of sp³-hybridized carbons (Fsp3) is 0.900. The van der Waals surface area contributed by atoms with Crippen LogP contribution in [0.25, 0.3) is 0 Å². The fourth-order valence-corrected chi connectivity index (χ4v) is 2.98. The molecule has 0 bridgehead atoms. The molecule has 82 valence electrons. The van der Waals surface area contributed by atoms with E-state index in [-0.39, 0.29) is 6.04 Å². The lowest BCUT2D eigenvalue weighted by molar-refractivity contribution is -0.139. The summed E-state index contributed by atoms with van der Waals surface area (Å²) >= 11 is 1.92. The Hall–Kier alpha value is -0.220. The zero-order chi connectivity index (χ0) is 10.6. The Labute approximate surface area is 89.6 Å². The third-order valence-electron chi connectivity index (χ3n) is 2.67. The van der Waals surface area contributed by atoms with Gasteiger partial charge in [0.05, 0.1) is 0 Å². The van der Waals surface area contributed by atoms with E-state index < -0.39 is 5.97 Å². The summed E-state index contributed by atoms with van der Waals surface area (Å²) in [6, 6.07) is 0.0267. The molecule has 2 N–H and O–H groups in total. The summed E-state index contributed by atoms with van der Waals surface area (Å²) in [5.74, 6) is 0.438. The van der Waals surface area contributed by atoms with Crippen LogP contribution >= 0.6 is 11.8 Å². The van der Waals surface area contributed by atoms with E-state index in [9.17, 15) is 4.79 Å². The monoisotopic (exact) mass is 217 g/mol. The van der Waals surface area contributed by atoms with Crippen LogP contribution in [-0.4, -0.2) is 34.2 Å². The summed E-state index contributed by atoms with van der Waals surface area (Å²) in [6.07, 6.45) is 2.74. The smallest absolute Gasteiger partial charge is 0.320 e. The average Bonchev–Trinajstić information content (AvgIpc) is 2.51. The highest BCUT2D eigenvalue weighted by atomic mass is 32.2. The lowest BCUT2D eigenvalue weighted by Gasteiger charge is -2.21. The number of hydrogen-bond acceptors (Lipinski definition) is 3. The lowest BCUT2D eigenvalue weighted by atomic mass is 10.1. The number of hydrogen-bond donors (Lipinski definition) is 2. The maximum absolute atomic E-state index is 10.9. The number of aliphatic carboxylic acids is 1. The largest absolute Gasteiger partial charge is 0.480 e. The van der Waals surface area contributed by atoms with Crippen molar-refractivity contribution in [1.82, 2.24) is 5.32 Å². The third kappa shape index (κ3) is 3.17. The highest BCUT2D eigenvalue weighted by Gasteiger charge is 2.28. The first-order valence-corrected chi connectivity index (χ1v) is 6.30. The Kier molecular flexibility index (Phi) is 4.75. The van der Waals surface area contributed by atoms with Gasteiger partial charge < -0.3 is 10.4 Å². The maximum Gasteiger partial charge on any atom is 0.320 e. The first-order chi connectivity index (χ1) is 6.65. The van der Waals surface area contributed by atoms with E-state index in [1.54, 1.807) is 0 Å². The summed E-state index contributed by atoms with van der Waals surface area (Å²) in [7, 11) is 0. The molecular weight excluding hydrogens is 198 g/mol. The van der Waals surface area contributed by atoms with Crippen LogP contribution in [0, 0.1) is 0 Å². The molecule has 1 heterocycles. The summed E-state index contributed by atoms with van der Waals surface area (Å²) in [4.78, 5) is 10.9. The molecule has 4 heteroatoms. The van der Waals surface area contributed by atoms with Crippen molar-refractivity contribution in [2.24, 2.45) is 0 Å². The van der Waals surface area contributed by atoms with Gasteiger partial charge in [0.2, 0.25) is 0 Å². The molecule has 0 aromatic carbocycles. The molecule has 0 amide bonds. The van der Waals surface area contributed by atoms with Crippen molar-refractivity contribution >= 4 is 17.7 Å². The van der Waals surface area contributed by atoms with Gasteiger partial charge >= 0.3 is 5.97 Å². The van der Waals surface area contributed by atoms with Crippen LogP contribution in [0.1, 0.15) is 33.1 Å². The molecule has 0 spiro atoms. The van der Waals surface area contributed by atoms with E-state index in [0.717, 1.165) is 25.0 Å². The van der Waals surface area contributed by atoms with Crippen LogP contribution in [0.15, 0.2) is 0 Å². The molecule has 1 saturated heterocycles. The third-order valence-corrected chi connectivity index (χ3v) is 3.99. The molecule has 3 unspecified atom stereocenters. The van der Waals surface area contributed by atoms with Crippen LogP contribution < -0.4 is 5.32 Å². The Morgan fingerprint density at radius 1 is 1.71 bits per heavy atom. The van der Waals surface area contributed by atoms with Crippen LogP contribution in [0.3, 0.4) is 0 Å². The highest BCUT2D eigenvalue weighted by molar-refractivity contribution is 8.00. The molecular formula is C10H19NO2S. The van der Waals surface area contributed by atoms with Gasteiger partial charge in [0, 0.05) is 11.3 Å². The molecule has 1 aliphatic rings. The number of rotatable bonds is 5. The standard InChI is InChI=1S/C10H19NO2S/c1-3-4-9(10(12)13)11-8-5-6-14-7(8)2/h7-9,11H,3-6H2,1-2H3,(H,12,13). The Morgan fingerprint density at radius 3 is 2.86 bits per heavy atom. The minimum absolute atomic E-state index is 0.355. The summed E-state index contributed by atoms with van der Waals surface area (Å²) in [6.45, 7) is 4.19. The molecule has 1 fully saturated rings. The van der Waals surface area contributed by atoms with Gasteiger partial charge in [-0.1, -0.05) is 20.3 Å². The number of thioether (sulfide) groups is 1. The van der Waals surface area contributed by atoms with Crippen molar-refractivity contribution in [3.8, 4) is 0 Å². The summed E-state index contributed by atoms with van der Waals surface area (Å²) in [5, 5.41) is 12.8. The van der Waals surface area contributed by atoms with Gasteiger partial charge in [0.1, 0.15) is 6.04 Å². The van der Waals surface area contributed by atoms with Crippen molar-refractivity contribution in [1.29, 1.82) is 0 Å². The predicted octanol–water partition coefficient (Wildman–Crippen LogP) is 1.72. The van der Waals surface area contributed by atoms with Gasteiger partial charge in [0.25, 0.3) is 0 Å². The highest BCUT2D eigenvalue weighted by Crippen LogP contribution is 2.26. The molecule has 1 rings (SSSR count). The molecule has 3 atom stereocenters. The maximum atomic E-state index is 10.9. The van der Waals surface area contributed by atoms with Gasteiger partial charge in [0.15, 0.2) is 0 Å². The quantitative estimate of drug-likeness (QED) is 0.736. The number of carboxylic acids is 1. The van der Waals surface area contributed by atoms with Gasteiger partial charge in [-0.2, -0.15) is 11.8 Å². The molecule has 0 radical (unpaired) electrons. The molecule has 0 aliphatic carbocycles. The van der Waals surface area contributed by atoms with Gasteiger partial charge in [-0.05, 0) is 18.6 Å². The molecule has 0 aromatic heterocycles. The van der Waals surface area contributed by atoms with Gasteiger partial charge in [-0.25, -0.2) is 0 Å². The van der Waals surface area contributed by atoms with E-state index >= 15 is 0 Å². The van der Waals surface area contributed by atoms with Crippen molar-refractivity contribution in [3.05, 3.63) is 0 Å². The minimum atomic E-state index is -0.712. The van der Waals surface area contributed by atoms with Crippen molar-refractivity contribution in [3.63, 3.8) is 0 Å². The molecule has 3 nitrogen and oxygen atoms in total. The van der Waals surface area contributed by atoms with Crippen LogP contribution in [0.5, 0.6) is 0 Å². The van der Waals surface area contributed by atoms with Crippen molar-refractivity contribution in [2.75, 3.05) is 5.75 Å². The second-order valence-corrected chi connectivity index (χ2v) is 5.30. The zero-order valence-corrected chi connectivity index (χ0v) is 9.64. The molecule has 0 saturated carbocycles. The normalized spacial score (nSPS) is 29.0. The van der Waals surface area contributed by atoms with E-state index in [1.807, 2.05) is 18.7 Å². The number of nitrogens with one attached hydrogen (secondary N) is 1. The second-order valence-electron chi connectivity index (χ2n) is 3.82. The average molecular weight is 217 g/mol. The van der Waals surface area contributed by atoms with E-state index in [1.165, 1.54) is 0 Å². The van der Waals surface area contributed by atoms with Crippen LogP contribution in [0.4, 0.5) is 0 Å². The Morgan fingerprint density at radius 2 is 2.43 bits per heavy atom. The van der Waals surface area contributed by atoms with Crippen molar-refractivity contribution in [2.45, 2.75) is 50.4 Å². The predicted molar refractivity (Wildman–Crippen MR) is 59.8 cm³/mol. The summed E-state index contributed by atoms with van der Waals surface area (Å²) in [5.41, 5.74) is 0. The first kappa shape index (κ1) is 11.9. The van der Waals surface area contributed by atoms with E-state index in [4.69, 9.17) is 5.11 Å². The Balaban J connectivity index is 2.41. The zero-order valence-electron chi connectivity index (χ0n) is 8.82. The first-order valence-electron chi connectivity index (χ1n) is 5.25.